The quantitative estimate of drug-likeness (QED) is 0.862. The van der Waals surface area contributed by atoms with Crippen LogP contribution in [0.25, 0.3) is 0 Å². The van der Waals surface area contributed by atoms with Gasteiger partial charge in [-0.05, 0) is 18.0 Å². The second kappa shape index (κ2) is 6.31. The molecule has 2 aliphatic rings. The summed E-state index contributed by atoms with van der Waals surface area (Å²) in [6.07, 6.45) is 5.30. The summed E-state index contributed by atoms with van der Waals surface area (Å²) in [4.78, 5) is 6.59. The van der Waals surface area contributed by atoms with E-state index in [1.807, 2.05) is 0 Å². The Kier molecular flexibility index (Phi) is 4.44. The lowest BCUT2D eigenvalue weighted by atomic mass is 10.2. The van der Waals surface area contributed by atoms with Crippen LogP contribution >= 0.6 is 0 Å². The molecule has 2 aliphatic heterocycles. The Morgan fingerprint density at radius 3 is 2.71 bits per heavy atom. The summed E-state index contributed by atoms with van der Waals surface area (Å²) in [6.45, 7) is 2.43. The first-order valence-electron chi connectivity index (χ1n) is 7.64. The van der Waals surface area contributed by atoms with Gasteiger partial charge in [-0.2, -0.15) is 4.98 Å². The molecule has 0 saturated carbocycles. The summed E-state index contributed by atoms with van der Waals surface area (Å²) in [7, 11) is -2.93. The summed E-state index contributed by atoms with van der Waals surface area (Å²) >= 11 is 0. The molecule has 7 nitrogen and oxygen atoms in total. The van der Waals surface area contributed by atoms with Crippen LogP contribution in [-0.2, 0) is 16.3 Å². The fourth-order valence-corrected chi connectivity index (χ4v) is 4.38. The number of rotatable bonds is 3. The van der Waals surface area contributed by atoms with Crippen molar-refractivity contribution in [2.24, 2.45) is 0 Å². The summed E-state index contributed by atoms with van der Waals surface area (Å²) in [5.41, 5.74) is 0. The number of sulfone groups is 1. The first-order valence-corrected chi connectivity index (χ1v) is 9.46. The molecule has 1 N–H and O–H groups in total. The smallest absolute Gasteiger partial charge is 0.266 e. The maximum atomic E-state index is 11.6. The van der Waals surface area contributed by atoms with Crippen LogP contribution in [-0.4, -0.2) is 55.7 Å². The number of aromatic nitrogens is 2. The Bertz CT molecular complexity index is 564. The molecular weight excluding hydrogens is 292 g/mol. The van der Waals surface area contributed by atoms with Gasteiger partial charge in [-0.15, -0.1) is 0 Å². The van der Waals surface area contributed by atoms with Crippen LogP contribution in [0.2, 0.25) is 0 Å². The van der Waals surface area contributed by atoms with Crippen molar-refractivity contribution in [3.05, 3.63) is 5.89 Å². The first kappa shape index (κ1) is 14.8. The predicted octanol–water partition coefficient (Wildman–Crippen LogP) is 0.379. The Balaban J connectivity index is 1.62. The van der Waals surface area contributed by atoms with Gasteiger partial charge in [0.15, 0.2) is 9.84 Å². The molecule has 0 radical (unpaired) electrons. The maximum Gasteiger partial charge on any atom is 0.266 e. The third-order valence-electron chi connectivity index (χ3n) is 4.07. The minimum atomic E-state index is -2.93. The number of nitrogens with zero attached hydrogens (tertiary/aromatic N) is 3. The molecular formula is C13H22N4O3S. The molecule has 0 amide bonds. The van der Waals surface area contributed by atoms with Crippen LogP contribution in [0.1, 0.15) is 31.6 Å². The molecule has 0 aliphatic carbocycles. The highest BCUT2D eigenvalue weighted by molar-refractivity contribution is 7.91. The summed E-state index contributed by atoms with van der Waals surface area (Å²) in [6, 6.07) is -0.124. The van der Waals surface area contributed by atoms with E-state index in [4.69, 9.17) is 4.52 Å². The minimum absolute atomic E-state index is 0.124. The van der Waals surface area contributed by atoms with Gasteiger partial charge in [0.2, 0.25) is 5.89 Å². The van der Waals surface area contributed by atoms with Crippen LogP contribution in [0.15, 0.2) is 4.52 Å². The summed E-state index contributed by atoms with van der Waals surface area (Å²) < 4.78 is 28.5. The fourth-order valence-electron chi connectivity index (χ4n) is 2.94. The van der Waals surface area contributed by atoms with Crippen LogP contribution in [0.5, 0.6) is 0 Å². The van der Waals surface area contributed by atoms with Crippen molar-refractivity contribution in [1.82, 2.24) is 15.5 Å². The molecule has 1 aromatic rings. The van der Waals surface area contributed by atoms with Crippen molar-refractivity contribution in [1.29, 1.82) is 0 Å². The van der Waals surface area contributed by atoms with E-state index >= 15 is 0 Å². The Labute approximate surface area is 125 Å². The summed E-state index contributed by atoms with van der Waals surface area (Å²) in [5, 5.41) is 7.25. The Hall–Kier alpha value is -1.15. The van der Waals surface area contributed by atoms with Crippen molar-refractivity contribution < 1.29 is 12.9 Å². The van der Waals surface area contributed by atoms with Crippen molar-refractivity contribution in [3.8, 4) is 0 Å². The van der Waals surface area contributed by atoms with E-state index in [1.165, 1.54) is 12.8 Å². The van der Waals surface area contributed by atoms with E-state index < -0.39 is 9.84 Å². The van der Waals surface area contributed by atoms with Gasteiger partial charge in [-0.1, -0.05) is 12.8 Å². The SMILES string of the molecule is O=S1(=O)CCNC(Cc2nc(N3CCCCCC3)no2)C1. The molecule has 0 bridgehead atoms. The average Bonchev–Trinajstić information content (AvgIpc) is 2.72. The minimum Gasteiger partial charge on any atom is -0.338 e. The van der Waals surface area contributed by atoms with Crippen LogP contribution < -0.4 is 10.2 Å². The third-order valence-corrected chi connectivity index (χ3v) is 5.80. The lowest BCUT2D eigenvalue weighted by Crippen LogP contribution is -2.46. The zero-order valence-electron chi connectivity index (χ0n) is 12.1. The molecule has 0 aromatic carbocycles. The third kappa shape index (κ3) is 3.94. The van der Waals surface area contributed by atoms with Gasteiger partial charge in [0, 0.05) is 32.1 Å². The Morgan fingerprint density at radius 2 is 2.00 bits per heavy atom. The molecule has 3 rings (SSSR count). The molecule has 2 fully saturated rings. The standard InChI is InChI=1S/C13H22N4O3S/c18-21(19)8-5-14-11(10-21)9-12-15-13(16-20-12)17-6-3-1-2-4-7-17/h11,14H,1-10H2. The van der Waals surface area contributed by atoms with Crippen LogP contribution in [0.3, 0.4) is 0 Å². The molecule has 21 heavy (non-hydrogen) atoms. The lowest BCUT2D eigenvalue weighted by molar-refractivity contribution is 0.360. The molecule has 8 heteroatoms. The molecule has 118 valence electrons. The topological polar surface area (TPSA) is 88.3 Å². The zero-order chi connectivity index (χ0) is 14.7. The second-order valence-electron chi connectivity index (χ2n) is 5.86. The highest BCUT2D eigenvalue weighted by atomic mass is 32.2. The highest BCUT2D eigenvalue weighted by Gasteiger charge is 2.26. The van der Waals surface area contributed by atoms with Gasteiger partial charge in [0.25, 0.3) is 5.95 Å². The number of hydrogen-bond donors (Lipinski definition) is 1. The number of anilines is 1. The van der Waals surface area contributed by atoms with Gasteiger partial charge in [-0.3, -0.25) is 0 Å². The Morgan fingerprint density at radius 1 is 1.24 bits per heavy atom. The van der Waals surface area contributed by atoms with Gasteiger partial charge in [0.1, 0.15) is 0 Å². The fraction of sp³-hybridized carbons (Fsp3) is 0.846. The van der Waals surface area contributed by atoms with E-state index in [-0.39, 0.29) is 17.5 Å². The van der Waals surface area contributed by atoms with Crippen LogP contribution in [0.4, 0.5) is 5.95 Å². The van der Waals surface area contributed by atoms with Crippen molar-refractivity contribution in [2.75, 3.05) is 36.0 Å². The van der Waals surface area contributed by atoms with E-state index in [0.29, 0.717) is 24.8 Å². The average molecular weight is 314 g/mol. The zero-order valence-corrected chi connectivity index (χ0v) is 12.9. The van der Waals surface area contributed by atoms with Gasteiger partial charge >= 0.3 is 0 Å². The molecule has 1 aromatic heterocycles. The van der Waals surface area contributed by atoms with E-state index in [1.54, 1.807) is 0 Å². The monoisotopic (exact) mass is 314 g/mol. The highest BCUT2D eigenvalue weighted by Crippen LogP contribution is 2.17. The molecule has 3 heterocycles. The second-order valence-corrected chi connectivity index (χ2v) is 8.09. The van der Waals surface area contributed by atoms with Crippen molar-refractivity contribution >= 4 is 15.8 Å². The molecule has 2 saturated heterocycles. The van der Waals surface area contributed by atoms with E-state index in [2.05, 4.69) is 20.4 Å². The normalized spacial score (nSPS) is 26.5. The summed E-state index contributed by atoms with van der Waals surface area (Å²) in [5.74, 6) is 1.52. The molecule has 0 spiro atoms. The number of nitrogens with one attached hydrogen (secondary N) is 1. The molecule has 1 atom stereocenters. The van der Waals surface area contributed by atoms with Gasteiger partial charge < -0.3 is 14.7 Å². The van der Waals surface area contributed by atoms with Crippen molar-refractivity contribution in [3.63, 3.8) is 0 Å². The number of hydrogen-bond acceptors (Lipinski definition) is 7. The predicted molar refractivity (Wildman–Crippen MR) is 79.1 cm³/mol. The van der Waals surface area contributed by atoms with Gasteiger partial charge in [-0.25, -0.2) is 8.42 Å². The maximum absolute atomic E-state index is 11.6. The first-order chi connectivity index (χ1) is 10.1. The lowest BCUT2D eigenvalue weighted by Gasteiger charge is -2.22. The largest absolute Gasteiger partial charge is 0.338 e. The van der Waals surface area contributed by atoms with Crippen molar-refractivity contribution in [2.45, 2.75) is 38.1 Å². The van der Waals surface area contributed by atoms with Crippen LogP contribution in [0, 0.1) is 0 Å². The van der Waals surface area contributed by atoms with E-state index in [0.717, 1.165) is 25.9 Å². The molecule has 1 unspecified atom stereocenters. The van der Waals surface area contributed by atoms with E-state index in [9.17, 15) is 8.42 Å². The van der Waals surface area contributed by atoms with Gasteiger partial charge in [0.05, 0.1) is 11.5 Å².